The third-order valence-electron chi connectivity index (χ3n) is 4.35. The molecule has 1 aromatic carbocycles. The monoisotopic (exact) mass is 286 g/mol. The molecule has 0 bridgehead atoms. The molecule has 0 aliphatic rings. The highest BCUT2D eigenvalue weighted by Crippen LogP contribution is 2.22. The molecule has 21 heavy (non-hydrogen) atoms. The van der Waals surface area contributed by atoms with Crippen LogP contribution >= 0.6 is 0 Å². The number of carbonyl (C=O) groups is 1. The lowest BCUT2D eigenvalue weighted by molar-refractivity contribution is 0.0938. The minimum Gasteiger partial charge on any atom is -0.352 e. The van der Waals surface area contributed by atoms with Crippen molar-refractivity contribution in [3.63, 3.8) is 0 Å². The van der Waals surface area contributed by atoms with Crippen molar-refractivity contribution in [3.05, 3.63) is 36.0 Å². The number of amides is 1. The number of aromatic nitrogens is 1. The highest BCUT2D eigenvalue weighted by Gasteiger charge is 2.20. The quantitative estimate of drug-likeness (QED) is 0.890. The van der Waals surface area contributed by atoms with Gasteiger partial charge in [-0.15, -0.1) is 0 Å². The van der Waals surface area contributed by atoms with Crippen LogP contribution in [0.2, 0.25) is 0 Å². The molecule has 0 atom stereocenters. The van der Waals surface area contributed by atoms with E-state index < -0.39 is 0 Å². The van der Waals surface area contributed by atoms with E-state index in [-0.39, 0.29) is 5.91 Å². The normalized spacial score (nSPS) is 11.8. The predicted octanol–water partition coefficient (Wildman–Crippen LogP) is 3.84. The maximum absolute atomic E-state index is 12.5. The third kappa shape index (κ3) is 3.29. The molecule has 0 fully saturated rings. The third-order valence-corrected chi connectivity index (χ3v) is 4.35. The van der Waals surface area contributed by atoms with Crippen molar-refractivity contribution in [2.24, 2.45) is 24.8 Å². The van der Waals surface area contributed by atoms with Gasteiger partial charge < -0.3 is 9.88 Å². The number of hydrogen-bond acceptors (Lipinski definition) is 1. The lowest BCUT2D eigenvalue weighted by Crippen LogP contribution is -2.33. The van der Waals surface area contributed by atoms with Gasteiger partial charge in [0.2, 0.25) is 0 Å². The van der Waals surface area contributed by atoms with Gasteiger partial charge in [-0.25, -0.2) is 0 Å². The molecule has 0 unspecified atom stereocenters. The summed E-state index contributed by atoms with van der Waals surface area (Å²) in [6, 6.07) is 8.02. The second-order valence-corrected chi connectivity index (χ2v) is 6.53. The molecule has 114 valence electrons. The Morgan fingerprint density at radius 2 is 1.76 bits per heavy atom. The molecule has 0 spiro atoms. The summed E-state index contributed by atoms with van der Waals surface area (Å²) in [4.78, 5) is 12.5. The summed E-state index contributed by atoms with van der Waals surface area (Å²) in [7, 11) is 1.98. The average Bonchev–Trinajstić information content (AvgIpc) is 2.76. The van der Waals surface area contributed by atoms with Crippen LogP contribution in [0.4, 0.5) is 0 Å². The second kappa shape index (κ2) is 6.33. The van der Waals surface area contributed by atoms with Gasteiger partial charge in [0.25, 0.3) is 5.91 Å². The Hall–Kier alpha value is -1.77. The molecule has 1 amide bonds. The summed E-state index contributed by atoms with van der Waals surface area (Å²) in [5, 5.41) is 4.13. The molecule has 3 heteroatoms. The zero-order valence-electron chi connectivity index (χ0n) is 13.7. The summed E-state index contributed by atoms with van der Waals surface area (Å²) in [6.07, 6.45) is 1.92. The molecule has 0 saturated carbocycles. The molecule has 0 aliphatic carbocycles. The Morgan fingerprint density at radius 1 is 1.14 bits per heavy atom. The molecular formula is C18H26N2O. The van der Waals surface area contributed by atoms with Crippen LogP contribution in [-0.4, -0.2) is 17.0 Å². The van der Waals surface area contributed by atoms with Gasteiger partial charge in [0, 0.05) is 30.7 Å². The smallest absolute Gasteiger partial charge is 0.253 e. The fraction of sp³-hybridized carbons (Fsp3) is 0.500. The molecule has 0 radical (unpaired) electrons. The summed E-state index contributed by atoms with van der Waals surface area (Å²) in [5.41, 5.74) is 1.85. The fourth-order valence-corrected chi connectivity index (χ4v) is 3.07. The van der Waals surface area contributed by atoms with E-state index in [2.05, 4.69) is 33.0 Å². The molecule has 1 N–H and O–H groups in total. The van der Waals surface area contributed by atoms with E-state index in [4.69, 9.17) is 0 Å². The number of benzene rings is 1. The number of nitrogens with one attached hydrogen (secondary N) is 1. The Labute approximate surface area is 127 Å². The number of aryl methyl sites for hydroxylation is 1. The lowest BCUT2D eigenvalue weighted by Gasteiger charge is -2.25. The van der Waals surface area contributed by atoms with Crippen molar-refractivity contribution in [1.29, 1.82) is 0 Å². The Bertz CT molecular complexity index is 617. The SMILES string of the molecule is CC(C)C(CNC(=O)c1cn(C)c2ccccc12)C(C)C. The fourth-order valence-electron chi connectivity index (χ4n) is 3.07. The van der Waals surface area contributed by atoms with Crippen LogP contribution in [0.1, 0.15) is 38.1 Å². The number of para-hydroxylation sites is 1. The zero-order chi connectivity index (χ0) is 15.6. The molecule has 2 aromatic rings. The van der Waals surface area contributed by atoms with Crippen LogP contribution < -0.4 is 5.32 Å². The zero-order valence-corrected chi connectivity index (χ0v) is 13.7. The van der Waals surface area contributed by atoms with Crippen LogP contribution in [0.25, 0.3) is 10.9 Å². The minimum absolute atomic E-state index is 0.0260. The number of carbonyl (C=O) groups excluding carboxylic acids is 1. The summed E-state index contributed by atoms with van der Waals surface area (Å²) < 4.78 is 2.01. The highest BCUT2D eigenvalue weighted by atomic mass is 16.1. The maximum atomic E-state index is 12.5. The van der Waals surface area contributed by atoms with E-state index in [9.17, 15) is 4.79 Å². The first-order valence-corrected chi connectivity index (χ1v) is 7.74. The number of nitrogens with zero attached hydrogens (tertiary/aromatic N) is 1. The van der Waals surface area contributed by atoms with E-state index in [1.807, 2.05) is 42.1 Å². The number of hydrogen-bond donors (Lipinski definition) is 1. The van der Waals surface area contributed by atoms with Gasteiger partial charge in [-0.2, -0.15) is 0 Å². The topological polar surface area (TPSA) is 34.0 Å². The summed E-state index contributed by atoms with van der Waals surface area (Å²) in [6.45, 7) is 9.60. The van der Waals surface area contributed by atoms with Crippen molar-refractivity contribution in [1.82, 2.24) is 9.88 Å². The average molecular weight is 286 g/mol. The minimum atomic E-state index is 0.0260. The highest BCUT2D eigenvalue weighted by molar-refractivity contribution is 6.06. The van der Waals surface area contributed by atoms with Gasteiger partial charge in [0.05, 0.1) is 5.56 Å². The number of fused-ring (bicyclic) bond motifs is 1. The molecule has 0 aliphatic heterocycles. The van der Waals surface area contributed by atoms with E-state index >= 15 is 0 Å². The van der Waals surface area contributed by atoms with Crippen molar-refractivity contribution in [2.75, 3.05) is 6.54 Å². The molecule has 1 aromatic heterocycles. The predicted molar refractivity (Wildman–Crippen MR) is 88.4 cm³/mol. The van der Waals surface area contributed by atoms with Crippen LogP contribution in [-0.2, 0) is 7.05 Å². The second-order valence-electron chi connectivity index (χ2n) is 6.53. The van der Waals surface area contributed by atoms with Crippen molar-refractivity contribution >= 4 is 16.8 Å². The number of rotatable bonds is 5. The Morgan fingerprint density at radius 3 is 2.38 bits per heavy atom. The van der Waals surface area contributed by atoms with Gasteiger partial charge in [-0.3, -0.25) is 4.79 Å². The molecular weight excluding hydrogens is 260 g/mol. The summed E-state index contributed by atoms with van der Waals surface area (Å²) >= 11 is 0. The largest absolute Gasteiger partial charge is 0.352 e. The molecule has 3 nitrogen and oxygen atoms in total. The van der Waals surface area contributed by atoms with Gasteiger partial charge in [0.1, 0.15) is 0 Å². The first-order chi connectivity index (χ1) is 9.91. The Kier molecular flexibility index (Phi) is 4.71. The van der Waals surface area contributed by atoms with Crippen LogP contribution in [0, 0.1) is 17.8 Å². The van der Waals surface area contributed by atoms with E-state index in [0.29, 0.717) is 17.8 Å². The molecule has 1 heterocycles. The van der Waals surface area contributed by atoms with Crippen LogP contribution in [0.5, 0.6) is 0 Å². The van der Waals surface area contributed by atoms with Gasteiger partial charge in [-0.1, -0.05) is 45.9 Å². The van der Waals surface area contributed by atoms with E-state index in [0.717, 1.165) is 23.0 Å². The van der Waals surface area contributed by atoms with E-state index in [1.165, 1.54) is 0 Å². The van der Waals surface area contributed by atoms with Gasteiger partial charge in [-0.05, 0) is 23.8 Å². The lowest BCUT2D eigenvalue weighted by atomic mass is 9.85. The van der Waals surface area contributed by atoms with E-state index in [1.54, 1.807) is 0 Å². The van der Waals surface area contributed by atoms with Gasteiger partial charge >= 0.3 is 0 Å². The van der Waals surface area contributed by atoms with Crippen molar-refractivity contribution < 1.29 is 4.79 Å². The Balaban J connectivity index is 2.16. The van der Waals surface area contributed by atoms with Crippen LogP contribution in [0.3, 0.4) is 0 Å². The van der Waals surface area contributed by atoms with Crippen molar-refractivity contribution in [2.45, 2.75) is 27.7 Å². The maximum Gasteiger partial charge on any atom is 0.253 e. The standard InChI is InChI=1S/C18H26N2O/c1-12(2)15(13(3)4)10-19-18(21)16-11-20(5)17-9-7-6-8-14(16)17/h6-9,11-13,15H,10H2,1-5H3,(H,19,21). The van der Waals surface area contributed by atoms with Crippen molar-refractivity contribution in [3.8, 4) is 0 Å². The first-order valence-electron chi connectivity index (χ1n) is 7.74. The molecule has 0 saturated heterocycles. The first kappa shape index (κ1) is 15.6. The summed E-state index contributed by atoms with van der Waals surface area (Å²) in [5.74, 6) is 1.66. The van der Waals surface area contributed by atoms with Gasteiger partial charge in [0.15, 0.2) is 0 Å². The van der Waals surface area contributed by atoms with Crippen LogP contribution in [0.15, 0.2) is 30.5 Å². The molecule has 2 rings (SSSR count).